The van der Waals surface area contributed by atoms with Gasteiger partial charge in [-0.15, -0.1) is 0 Å². The van der Waals surface area contributed by atoms with Crippen molar-refractivity contribution in [2.24, 2.45) is 0 Å². The summed E-state index contributed by atoms with van der Waals surface area (Å²) in [6.45, 7) is 5.25. The molecule has 0 aliphatic carbocycles. The Hall–Kier alpha value is -2.84. The summed E-state index contributed by atoms with van der Waals surface area (Å²) < 4.78 is 34.9. The van der Waals surface area contributed by atoms with Crippen LogP contribution in [0.1, 0.15) is 232 Å². The number of ether oxygens (including phenoxy) is 2. The van der Waals surface area contributed by atoms with Gasteiger partial charge in [-0.1, -0.05) is 232 Å². The molecule has 0 aromatic carbocycles. The van der Waals surface area contributed by atoms with Crippen LogP contribution in [0, 0.1) is 0 Å². The molecule has 0 N–H and O–H groups in total. The summed E-state index contributed by atoms with van der Waals surface area (Å²) in [6.07, 6.45) is 78.4. The van der Waals surface area contributed by atoms with Gasteiger partial charge in [0.1, 0.15) is 19.3 Å². The van der Waals surface area contributed by atoms with Crippen molar-refractivity contribution < 1.29 is 37.3 Å². The van der Waals surface area contributed by atoms with E-state index in [4.69, 9.17) is 18.5 Å². The highest BCUT2D eigenvalue weighted by Crippen LogP contribution is 2.38. The SMILES string of the molecule is CC/C=C\C/C=C\C/C=C\C/C=C\C/C=C\C/C=C\CCCCCCCCCOCC(COP(=O)([O-])OCC[N+](C)(C)C)OC(=O)CCCCCCCCCCCC/C=C\C/C=C\C/C=C\CCCCCCC. The standard InChI is InChI=1S/C64H112NO7P/c1-6-8-10-12-14-16-18-20-22-24-26-28-30-32-34-36-38-40-42-44-46-48-50-52-54-56-59-69-61-63(62-71-73(67,68)70-60-58-65(3,4)5)72-64(66)57-55-53-51-49-47-45-43-41-39-37-35-33-31-29-27-25-23-21-19-17-15-13-11-9-7-2/h8,10,14,16,19-22,25-28,31-34,38,40,63H,6-7,9,11-13,15,17-18,23-24,29-30,35-37,39,41-62H2,1-5H3/b10-8-,16-14-,21-19-,22-20-,27-25-,28-26-,33-31-,34-32-,40-38-. The van der Waals surface area contributed by atoms with E-state index in [2.05, 4.69) is 123 Å². The highest BCUT2D eigenvalue weighted by Gasteiger charge is 2.20. The first kappa shape index (κ1) is 70.2. The minimum Gasteiger partial charge on any atom is -0.756 e. The predicted molar refractivity (Wildman–Crippen MR) is 314 cm³/mol. The molecule has 420 valence electrons. The molecular formula is C64H112NO7P. The predicted octanol–water partition coefficient (Wildman–Crippen LogP) is 18.4. The van der Waals surface area contributed by atoms with Crippen LogP contribution in [0.4, 0.5) is 0 Å². The van der Waals surface area contributed by atoms with Crippen molar-refractivity contribution in [2.45, 2.75) is 238 Å². The Morgan fingerprint density at radius 2 is 0.795 bits per heavy atom. The van der Waals surface area contributed by atoms with Crippen LogP contribution in [0.5, 0.6) is 0 Å². The minimum atomic E-state index is -4.55. The number of esters is 1. The third-order valence-electron chi connectivity index (χ3n) is 12.3. The zero-order chi connectivity index (χ0) is 53.3. The molecule has 2 atom stereocenters. The van der Waals surface area contributed by atoms with Crippen LogP contribution >= 0.6 is 7.82 Å². The maximum absolute atomic E-state index is 12.8. The highest BCUT2D eigenvalue weighted by atomic mass is 31.2. The zero-order valence-corrected chi connectivity index (χ0v) is 48.7. The third-order valence-corrected chi connectivity index (χ3v) is 13.3. The van der Waals surface area contributed by atoms with Gasteiger partial charge in [-0.3, -0.25) is 9.36 Å². The number of phosphoric acid groups is 1. The van der Waals surface area contributed by atoms with Crippen LogP contribution in [0.3, 0.4) is 0 Å². The Labute approximate surface area is 450 Å². The number of phosphoric ester groups is 1. The quantitative estimate of drug-likeness (QED) is 0.0197. The molecule has 0 heterocycles. The van der Waals surface area contributed by atoms with Crippen LogP contribution in [-0.2, 0) is 27.9 Å². The lowest BCUT2D eigenvalue weighted by Crippen LogP contribution is -2.37. The number of unbranched alkanes of at least 4 members (excludes halogenated alkanes) is 22. The van der Waals surface area contributed by atoms with E-state index in [1.807, 2.05) is 21.1 Å². The molecule has 73 heavy (non-hydrogen) atoms. The molecule has 0 aromatic heterocycles. The number of carbonyl (C=O) groups excluding carboxylic acids is 1. The molecule has 0 bridgehead atoms. The average Bonchev–Trinajstić information content (AvgIpc) is 3.35. The molecule has 0 fully saturated rings. The van der Waals surface area contributed by atoms with Gasteiger partial charge in [0, 0.05) is 13.0 Å². The summed E-state index contributed by atoms with van der Waals surface area (Å²) in [6, 6.07) is 0. The van der Waals surface area contributed by atoms with E-state index in [0.29, 0.717) is 24.1 Å². The summed E-state index contributed by atoms with van der Waals surface area (Å²) in [5, 5.41) is 0. The lowest BCUT2D eigenvalue weighted by atomic mass is 10.0. The number of quaternary nitrogens is 1. The highest BCUT2D eigenvalue weighted by molar-refractivity contribution is 7.45. The molecular weight excluding hydrogens is 926 g/mol. The van der Waals surface area contributed by atoms with Crippen LogP contribution in [-0.4, -0.2) is 70.7 Å². The van der Waals surface area contributed by atoms with Gasteiger partial charge in [-0.05, 0) is 103 Å². The third kappa shape index (κ3) is 59.9. The van der Waals surface area contributed by atoms with Gasteiger partial charge in [0.05, 0.1) is 34.4 Å². The normalized spacial score (nSPS) is 14.2. The molecule has 0 amide bonds. The summed E-state index contributed by atoms with van der Waals surface area (Å²) in [4.78, 5) is 25.3. The molecule has 0 spiro atoms. The second-order valence-corrected chi connectivity index (χ2v) is 22.0. The van der Waals surface area contributed by atoms with Crippen LogP contribution < -0.4 is 4.89 Å². The average molecular weight is 1040 g/mol. The number of nitrogens with zero attached hydrogens (tertiary/aromatic N) is 1. The number of carbonyl (C=O) groups is 1. The first-order valence-corrected chi connectivity index (χ1v) is 31.1. The van der Waals surface area contributed by atoms with Crippen molar-refractivity contribution in [3.63, 3.8) is 0 Å². The number of hydrogen-bond acceptors (Lipinski definition) is 7. The van der Waals surface area contributed by atoms with E-state index in [-0.39, 0.29) is 25.8 Å². The van der Waals surface area contributed by atoms with Gasteiger partial charge in [0.15, 0.2) is 0 Å². The van der Waals surface area contributed by atoms with Crippen molar-refractivity contribution in [1.82, 2.24) is 0 Å². The van der Waals surface area contributed by atoms with Crippen LogP contribution in [0.2, 0.25) is 0 Å². The van der Waals surface area contributed by atoms with Crippen molar-refractivity contribution in [3.8, 4) is 0 Å². The van der Waals surface area contributed by atoms with Gasteiger partial charge in [0.25, 0.3) is 7.82 Å². The van der Waals surface area contributed by atoms with Crippen molar-refractivity contribution in [1.29, 1.82) is 0 Å². The lowest BCUT2D eigenvalue weighted by molar-refractivity contribution is -0.870. The molecule has 0 aliphatic rings. The Morgan fingerprint density at radius 3 is 1.19 bits per heavy atom. The number of likely N-dealkylation sites (N-methyl/N-ethyl adjacent to an activating group) is 1. The minimum absolute atomic E-state index is 0.0170. The van der Waals surface area contributed by atoms with Gasteiger partial charge in [-0.25, -0.2) is 0 Å². The first-order chi connectivity index (χ1) is 35.6. The summed E-state index contributed by atoms with van der Waals surface area (Å²) in [5.41, 5.74) is 0. The Bertz CT molecular complexity index is 1530. The van der Waals surface area contributed by atoms with E-state index in [1.165, 1.54) is 116 Å². The van der Waals surface area contributed by atoms with E-state index in [0.717, 1.165) is 96.3 Å². The van der Waals surface area contributed by atoms with E-state index >= 15 is 0 Å². The summed E-state index contributed by atoms with van der Waals surface area (Å²) in [7, 11) is 1.33. The van der Waals surface area contributed by atoms with Gasteiger partial charge >= 0.3 is 5.97 Å². The Balaban J connectivity index is 4.14. The topological polar surface area (TPSA) is 94.1 Å². The Kier molecular flexibility index (Phi) is 53.2. The second-order valence-electron chi connectivity index (χ2n) is 20.6. The van der Waals surface area contributed by atoms with Crippen molar-refractivity contribution in [2.75, 3.05) is 54.1 Å². The maximum atomic E-state index is 12.8. The number of rotatable bonds is 54. The Morgan fingerprint density at radius 1 is 0.438 bits per heavy atom. The smallest absolute Gasteiger partial charge is 0.306 e. The zero-order valence-electron chi connectivity index (χ0n) is 47.8. The molecule has 0 aromatic rings. The van der Waals surface area contributed by atoms with Crippen molar-refractivity contribution >= 4 is 13.8 Å². The van der Waals surface area contributed by atoms with E-state index in [1.54, 1.807) is 0 Å². The van der Waals surface area contributed by atoms with Crippen molar-refractivity contribution in [3.05, 3.63) is 109 Å². The summed E-state index contributed by atoms with van der Waals surface area (Å²) in [5.74, 6) is -0.345. The van der Waals surface area contributed by atoms with Gasteiger partial charge in [0.2, 0.25) is 0 Å². The molecule has 8 nitrogen and oxygen atoms in total. The fourth-order valence-electron chi connectivity index (χ4n) is 7.79. The molecule has 0 saturated heterocycles. The van der Waals surface area contributed by atoms with Crippen LogP contribution in [0.25, 0.3) is 0 Å². The van der Waals surface area contributed by atoms with Gasteiger partial charge < -0.3 is 27.9 Å². The van der Waals surface area contributed by atoms with Gasteiger partial charge in [-0.2, -0.15) is 0 Å². The van der Waals surface area contributed by atoms with E-state index < -0.39 is 13.9 Å². The largest absolute Gasteiger partial charge is 0.756 e. The molecule has 2 unspecified atom stereocenters. The molecule has 0 aliphatic heterocycles. The van der Waals surface area contributed by atoms with E-state index in [9.17, 15) is 14.3 Å². The summed E-state index contributed by atoms with van der Waals surface area (Å²) >= 11 is 0. The van der Waals surface area contributed by atoms with Crippen LogP contribution in [0.15, 0.2) is 109 Å². The monoisotopic (exact) mass is 1040 g/mol. The second kappa shape index (κ2) is 55.4. The molecule has 0 radical (unpaired) electrons. The fraction of sp³-hybridized carbons (Fsp3) is 0.703. The molecule has 9 heteroatoms. The maximum Gasteiger partial charge on any atom is 0.306 e. The number of hydrogen-bond donors (Lipinski definition) is 0. The lowest BCUT2D eigenvalue weighted by Gasteiger charge is -2.28. The fourth-order valence-corrected chi connectivity index (χ4v) is 8.52. The first-order valence-electron chi connectivity index (χ1n) is 29.6. The molecule has 0 rings (SSSR count). The number of allylic oxidation sites excluding steroid dienone is 18. The molecule has 0 saturated carbocycles.